The molecule has 25 heavy (non-hydrogen) atoms. The number of fused-ring (bicyclic) bond motifs is 1. The third-order valence-electron chi connectivity index (χ3n) is 4.34. The smallest absolute Gasteiger partial charge is 0.245 e. The zero-order valence-electron chi connectivity index (χ0n) is 13.9. The van der Waals surface area contributed by atoms with Crippen molar-refractivity contribution in [2.75, 3.05) is 31.6 Å². The van der Waals surface area contributed by atoms with Crippen molar-refractivity contribution in [3.8, 4) is 5.75 Å². The van der Waals surface area contributed by atoms with Crippen molar-refractivity contribution in [3.05, 3.63) is 47.2 Å². The van der Waals surface area contributed by atoms with Crippen molar-refractivity contribution in [2.24, 2.45) is 0 Å². The van der Waals surface area contributed by atoms with Crippen LogP contribution in [0.5, 0.6) is 5.75 Å². The molecule has 6 nitrogen and oxygen atoms in total. The number of ether oxygens (including phenoxy) is 1. The lowest BCUT2D eigenvalue weighted by atomic mass is 10.3. The van der Waals surface area contributed by atoms with Gasteiger partial charge < -0.3 is 10.1 Å². The maximum atomic E-state index is 5.83. The maximum absolute atomic E-state index is 5.83. The molecule has 0 saturated carbocycles. The van der Waals surface area contributed by atoms with Gasteiger partial charge in [-0.2, -0.15) is 0 Å². The van der Waals surface area contributed by atoms with E-state index in [1.54, 1.807) is 10.7 Å². The second-order valence-electron chi connectivity index (χ2n) is 6.12. The van der Waals surface area contributed by atoms with Gasteiger partial charge >= 0.3 is 0 Å². The van der Waals surface area contributed by atoms with E-state index in [1.165, 1.54) is 25.9 Å². The number of halogens is 1. The topological polar surface area (TPSA) is 54.7 Å². The quantitative estimate of drug-likeness (QED) is 0.682. The fraction of sp³-hybridized carbons (Fsp3) is 0.333. The lowest BCUT2D eigenvalue weighted by Crippen LogP contribution is -2.25. The zero-order chi connectivity index (χ0) is 17.1. The molecule has 0 amide bonds. The molecule has 0 unspecified atom stereocenters. The molecule has 1 fully saturated rings. The minimum absolute atomic E-state index is 0.548. The van der Waals surface area contributed by atoms with Gasteiger partial charge in [-0.15, -0.1) is 5.10 Å². The average Bonchev–Trinajstić information content (AvgIpc) is 3.27. The highest BCUT2D eigenvalue weighted by atomic mass is 79.9. The number of hydrogen-bond donors (Lipinski definition) is 1. The molecular weight excluding hydrogens is 382 g/mol. The molecule has 7 heteroatoms. The molecule has 0 radical (unpaired) electrons. The molecule has 0 aliphatic carbocycles. The third kappa shape index (κ3) is 3.93. The summed E-state index contributed by atoms with van der Waals surface area (Å²) in [5.74, 6) is 1.43. The molecule has 2 aromatic heterocycles. The highest BCUT2D eigenvalue weighted by Gasteiger charge is 2.10. The Labute approximate surface area is 154 Å². The molecule has 130 valence electrons. The summed E-state index contributed by atoms with van der Waals surface area (Å²) >= 11 is 3.47. The number of hydrogen-bond acceptors (Lipinski definition) is 5. The van der Waals surface area contributed by atoms with Gasteiger partial charge in [0.1, 0.15) is 17.0 Å². The maximum Gasteiger partial charge on any atom is 0.245 e. The van der Waals surface area contributed by atoms with Gasteiger partial charge in [-0.1, -0.05) is 0 Å². The normalized spacial score (nSPS) is 14.9. The fourth-order valence-electron chi connectivity index (χ4n) is 2.99. The monoisotopic (exact) mass is 401 g/mol. The fourth-order valence-corrected chi connectivity index (χ4v) is 3.41. The molecule has 1 aromatic carbocycles. The number of nitrogens with one attached hydrogen (secondary N) is 1. The summed E-state index contributed by atoms with van der Waals surface area (Å²) in [6, 6.07) is 11.8. The molecule has 1 N–H and O–H groups in total. The van der Waals surface area contributed by atoms with Crippen LogP contribution in [0.15, 0.2) is 47.2 Å². The first-order chi connectivity index (χ1) is 12.3. The van der Waals surface area contributed by atoms with Gasteiger partial charge in [0.15, 0.2) is 0 Å². The molecule has 4 rings (SSSR count). The highest BCUT2D eigenvalue weighted by Crippen LogP contribution is 2.20. The second-order valence-corrected chi connectivity index (χ2v) is 6.93. The van der Waals surface area contributed by atoms with E-state index in [0.717, 1.165) is 34.7 Å². The Balaban J connectivity index is 1.35. The zero-order valence-corrected chi connectivity index (χ0v) is 15.4. The lowest BCUT2D eigenvalue weighted by Gasteiger charge is -2.15. The van der Waals surface area contributed by atoms with Crippen LogP contribution in [0, 0.1) is 0 Å². The predicted molar refractivity (Wildman–Crippen MR) is 102 cm³/mol. The van der Waals surface area contributed by atoms with E-state index in [2.05, 4.69) is 36.2 Å². The van der Waals surface area contributed by atoms with E-state index < -0.39 is 0 Å². The van der Waals surface area contributed by atoms with Crippen LogP contribution in [0.3, 0.4) is 0 Å². The standard InChI is InChI=1S/C18H20BrN5O/c19-17-8-5-15-13-20-18(22-24(15)17)21-14-3-6-16(7-4-14)25-12-11-23-9-1-2-10-23/h3-8,13H,1-2,9-12H2,(H,21,22). The Kier molecular flexibility index (Phi) is 4.85. The van der Waals surface area contributed by atoms with Crippen molar-refractivity contribution in [3.63, 3.8) is 0 Å². The lowest BCUT2D eigenvalue weighted by molar-refractivity contribution is 0.238. The summed E-state index contributed by atoms with van der Waals surface area (Å²) in [5, 5.41) is 7.67. The summed E-state index contributed by atoms with van der Waals surface area (Å²) in [5.41, 5.74) is 1.87. The number of anilines is 2. The summed E-state index contributed by atoms with van der Waals surface area (Å²) in [7, 11) is 0. The van der Waals surface area contributed by atoms with Gasteiger partial charge in [-0.25, -0.2) is 9.50 Å². The van der Waals surface area contributed by atoms with Crippen molar-refractivity contribution < 1.29 is 4.74 Å². The minimum Gasteiger partial charge on any atom is -0.492 e. The van der Waals surface area contributed by atoms with Crippen LogP contribution >= 0.6 is 15.9 Å². The Morgan fingerprint density at radius 1 is 1.08 bits per heavy atom. The van der Waals surface area contributed by atoms with Crippen molar-refractivity contribution >= 4 is 33.1 Å². The van der Waals surface area contributed by atoms with Gasteiger partial charge in [-0.05, 0) is 78.3 Å². The van der Waals surface area contributed by atoms with Gasteiger partial charge in [0.05, 0.1) is 11.7 Å². The molecule has 3 aromatic rings. The number of likely N-dealkylation sites (tertiary alicyclic amines) is 1. The first-order valence-corrected chi connectivity index (χ1v) is 9.30. The first kappa shape index (κ1) is 16.4. The van der Waals surface area contributed by atoms with Crippen LogP contribution in [0.2, 0.25) is 0 Å². The summed E-state index contributed by atoms with van der Waals surface area (Å²) < 4.78 is 8.52. The molecule has 0 bridgehead atoms. The van der Waals surface area contributed by atoms with E-state index in [1.807, 2.05) is 36.4 Å². The SMILES string of the molecule is Brc1ccc2cnc(Nc3ccc(OCCN4CCCC4)cc3)nn12. The van der Waals surface area contributed by atoms with E-state index in [9.17, 15) is 0 Å². The first-order valence-electron chi connectivity index (χ1n) is 8.50. The molecule has 0 atom stereocenters. The molecule has 1 aliphatic heterocycles. The van der Waals surface area contributed by atoms with E-state index in [4.69, 9.17) is 4.74 Å². The Morgan fingerprint density at radius 2 is 1.88 bits per heavy atom. The molecular formula is C18H20BrN5O. The van der Waals surface area contributed by atoms with Gasteiger partial charge in [0, 0.05) is 12.2 Å². The van der Waals surface area contributed by atoms with Crippen molar-refractivity contribution in [2.45, 2.75) is 12.8 Å². The summed E-state index contributed by atoms with van der Waals surface area (Å²) in [4.78, 5) is 6.78. The Morgan fingerprint density at radius 3 is 2.68 bits per heavy atom. The highest BCUT2D eigenvalue weighted by molar-refractivity contribution is 9.10. The van der Waals surface area contributed by atoms with Crippen LogP contribution in [-0.2, 0) is 0 Å². The van der Waals surface area contributed by atoms with E-state index >= 15 is 0 Å². The van der Waals surface area contributed by atoms with Gasteiger partial charge in [0.2, 0.25) is 5.95 Å². The average molecular weight is 402 g/mol. The largest absolute Gasteiger partial charge is 0.492 e. The molecule has 1 saturated heterocycles. The van der Waals surface area contributed by atoms with Crippen LogP contribution in [0.1, 0.15) is 12.8 Å². The summed E-state index contributed by atoms with van der Waals surface area (Å²) in [6.07, 6.45) is 4.41. The third-order valence-corrected chi connectivity index (χ3v) is 4.94. The molecule has 1 aliphatic rings. The minimum atomic E-state index is 0.548. The van der Waals surface area contributed by atoms with Crippen molar-refractivity contribution in [1.82, 2.24) is 19.5 Å². The second kappa shape index (κ2) is 7.41. The number of benzene rings is 1. The Bertz CT molecular complexity index is 842. The van der Waals surface area contributed by atoms with Crippen LogP contribution in [-0.4, -0.2) is 45.7 Å². The Hall–Kier alpha value is -2.12. The van der Waals surface area contributed by atoms with Gasteiger partial charge in [-0.3, -0.25) is 4.90 Å². The number of rotatable bonds is 6. The van der Waals surface area contributed by atoms with Crippen molar-refractivity contribution in [1.29, 1.82) is 0 Å². The van der Waals surface area contributed by atoms with Crippen LogP contribution in [0.4, 0.5) is 11.6 Å². The van der Waals surface area contributed by atoms with Gasteiger partial charge in [0.25, 0.3) is 0 Å². The van der Waals surface area contributed by atoms with E-state index in [0.29, 0.717) is 5.95 Å². The van der Waals surface area contributed by atoms with Crippen LogP contribution < -0.4 is 10.1 Å². The molecule has 0 spiro atoms. The number of aromatic nitrogens is 3. The molecule has 3 heterocycles. The van der Waals surface area contributed by atoms with Crippen LogP contribution in [0.25, 0.3) is 5.52 Å². The number of nitrogens with zero attached hydrogens (tertiary/aromatic N) is 4. The predicted octanol–water partition coefficient (Wildman–Crippen LogP) is 3.71. The summed E-state index contributed by atoms with van der Waals surface area (Å²) in [6.45, 7) is 4.13. The van der Waals surface area contributed by atoms with E-state index in [-0.39, 0.29) is 0 Å².